The zero-order chi connectivity index (χ0) is 21.0. The van der Waals surface area contributed by atoms with Gasteiger partial charge in [-0.05, 0) is 47.8 Å². The first-order valence-corrected chi connectivity index (χ1v) is 10.9. The van der Waals surface area contributed by atoms with E-state index in [0.29, 0.717) is 17.1 Å². The number of thiophene rings is 1. The number of para-hydroxylation sites is 1. The number of carbonyl (C=O) groups is 2. The molecule has 0 aliphatic rings. The Morgan fingerprint density at radius 3 is 2.07 bits per heavy atom. The normalized spacial score (nSPS) is 11.0. The zero-order valence-corrected chi connectivity index (χ0v) is 17.4. The Labute approximate surface area is 173 Å². The lowest BCUT2D eigenvalue weighted by atomic mass is 10.2. The Kier molecular flexibility index (Phi) is 6.00. The molecule has 1 aromatic heterocycles. The number of anilines is 3. The Hall–Kier alpha value is -3.17. The third-order valence-electron chi connectivity index (χ3n) is 4.06. The first kappa shape index (κ1) is 20.6. The van der Waals surface area contributed by atoms with Gasteiger partial charge in [-0.2, -0.15) is 0 Å². The molecule has 0 unspecified atom stereocenters. The van der Waals surface area contributed by atoms with E-state index in [0.717, 1.165) is 15.6 Å². The predicted octanol–water partition coefficient (Wildman–Crippen LogP) is 3.78. The van der Waals surface area contributed by atoms with Crippen LogP contribution in [0.25, 0.3) is 0 Å². The Morgan fingerprint density at radius 1 is 0.897 bits per heavy atom. The van der Waals surface area contributed by atoms with Gasteiger partial charge in [0, 0.05) is 25.3 Å². The highest BCUT2D eigenvalue weighted by atomic mass is 32.2. The van der Waals surface area contributed by atoms with E-state index in [4.69, 9.17) is 0 Å². The summed E-state index contributed by atoms with van der Waals surface area (Å²) in [7, 11) is -2.45. The third kappa shape index (κ3) is 4.64. The molecule has 2 amide bonds. The molecule has 0 aliphatic heterocycles. The monoisotopic (exact) mass is 429 g/mol. The molecule has 150 valence electrons. The fraction of sp³-hybridized carbons (Fsp3) is 0.100. The maximum absolute atomic E-state index is 13.0. The lowest BCUT2D eigenvalue weighted by molar-refractivity contribution is -0.114. The van der Waals surface area contributed by atoms with Crippen LogP contribution in [0.4, 0.5) is 17.1 Å². The quantitative estimate of drug-likeness (QED) is 0.623. The predicted molar refractivity (Wildman–Crippen MR) is 115 cm³/mol. The lowest BCUT2D eigenvalue weighted by Gasteiger charge is -2.19. The molecule has 0 saturated carbocycles. The van der Waals surface area contributed by atoms with Crippen molar-refractivity contribution in [2.75, 3.05) is 22.0 Å². The molecule has 0 spiro atoms. The molecule has 29 heavy (non-hydrogen) atoms. The molecular formula is C20H19N3O4S2. The topological polar surface area (TPSA) is 95.6 Å². The van der Waals surface area contributed by atoms with Crippen molar-refractivity contribution in [1.82, 2.24) is 0 Å². The smallest absolute Gasteiger partial charge is 0.267 e. The number of carbonyl (C=O) groups excluding carboxylic acids is 2. The first-order chi connectivity index (χ1) is 13.8. The molecule has 0 fully saturated rings. The molecular weight excluding hydrogens is 410 g/mol. The average molecular weight is 430 g/mol. The minimum Gasteiger partial charge on any atom is -0.326 e. The van der Waals surface area contributed by atoms with E-state index < -0.39 is 15.9 Å². The molecule has 2 aromatic carbocycles. The SMILES string of the molecule is CC(=O)Nc1ccc(NC(=O)c2sccc2S(=O)(=O)N(C)c2ccccc2)cc1. The standard InChI is InChI=1S/C20H19N3O4S2/c1-14(24)21-15-8-10-16(11-9-15)22-20(25)19-18(12-13-28-19)29(26,27)23(2)17-6-4-3-5-7-17/h3-13H,1-2H3,(H,21,24)(H,22,25). The van der Waals surface area contributed by atoms with Crippen LogP contribution in [-0.4, -0.2) is 27.3 Å². The van der Waals surface area contributed by atoms with E-state index in [2.05, 4.69) is 10.6 Å². The van der Waals surface area contributed by atoms with Crippen LogP contribution in [0.5, 0.6) is 0 Å². The largest absolute Gasteiger partial charge is 0.326 e. The summed E-state index contributed by atoms with van der Waals surface area (Å²) in [5.74, 6) is -0.718. The number of sulfonamides is 1. The molecule has 0 atom stereocenters. The van der Waals surface area contributed by atoms with Crippen LogP contribution < -0.4 is 14.9 Å². The third-order valence-corrected chi connectivity index (χ3v) is 6.93. The number of hydrogen-bond acceptors (Lipinski definition) is 5. The van der Waals surface area contributed by atoms with Crippen molar-refractivity contribution in [2.45, 2.75) is 11.8 Å². The van der Waals surface area contributed by atoms with E-state index in [1.165, 1.54) is 20.0 Å². The Morgan fingerprint density at radius 2 is 1.48 bits per heavy atom. The molecule has 0 bridgehead atoms. The maximum atomic E-state index is 13.0. The van der Waals surface area contributed by atoms with Crippen LogP contribution in [0, 0.1) is 0 Å². The van der Waals surface area contributed by atoms with E-state index in [-0.39, 0.29) is 15.7 Å². The summed E-state index contributed by atoms with van der Waals surface area (Å²) in [5, 5.41) is 6.90. The second-order valence-electron chi connectivity index (χ2n) is 6.13. The van der Waals surface area contributed by atoms with Crippen LogP contribution in [-0.2, 0) is 14.8 Å². The fourth-order valence-corrected chi connectivity index (χ4v) is 5.11. The van der Waals surface area contributed by atoms with Crippen molar-refractivity contribution in [3.63, 3.8) is 0 Å². The van der Waals surface area contributed by atoms with Crippen molar-refractivity contribution in [2.24, 2.45) is 0 Å². The number of amides is 2. The Balaban J connectivity index is 1.82. The highest BCUT2D eigenvalue weighted by Gasteiger charge is 2.28. The summed E-state index contributed by atoms with van der Waals surface area (Å²) in [6, 6.07) is 16.6. The van der Waals surface area contributed by atoms with E-state index in [1.807, 2.05) is 0 Å². The molecule has 3 aromatic rings. The van der Waals surface area contributed by atoms with Crippen LogP contribution in [0.15, 0.2) is 70.9 Å². The second kappa shape index (κ2) is 8.46. The van der Waals surface area contributed by atoms with E-state index in [9.17, 15) is 18.0 Å². The van der Waals surface area contributed by atoms with Crippen molar-refractivity contribution in [1.29, 1.82) is 0 Å². The molecule has 2 N–H and O–H groups in total. The van der Waals surface area contributed by atoms with Gasteiger partial charge in [0.25, 0.3) is 15.9 Å². The molecule has 1 heterocycles. The van der Waals surface area contributed by atoms with Gasteiger partial charge in [-0.15, -0.1) is 11.3 Å². The Bertz CT molecular complexity index is 1120. The zero-order valence-electron chi connectivity index (χ0n) is 15.7. The number of nitrogens with zero attached hydrogens (tertiary/aromatic N) is 1. The number of hydrogen-bond donors (Lipinski definition) is 2. The van der Waals surface area contributed by atoms with Gasteiger partial charge in [0.15, 0.2) is 0 Å². The second-order valence-corrected chi connectivity index (χ2v) is 8.99. The number of rotatable bonds is 6. The maximum Gasteiger partial charge on any atom is 0.267 e. The van der Waals surface area contributed by atoms with E-state index >= 15 is 0 Å². The summed E-state index contributed by atoms with van der Waals surface area (Å²) in [4.78, 5) is 23.8. The summed E-state index contributed by atoms with van der Waals surface area (Å²) >= 11 is 1.05. The molecule has 3 rings (SSSR count). The van der Waals surface area contributed by atoms with Crippen LogP contribution >= 0.6 is 11.3 Å². The summed E-state index contributed by atoms with van der Waals surface area (Å²) < 4.78 is 27.2. The number of benzene rings is 2. The van der Waals surface area contributed by atoms with Crippen LogP contribution in [0.1, 0.15) is 16.6 Å². The van der Waals surface area contributed by atoms with E-state index in [1.54, 1.807) is 60.0 Å². The highest BCUT2D eigenvalue weighted by molar-refractivity contribution is 7.93. The molecule has 0 saturated heterocycles. The van der Waals surface area contributed by atoms with Gasteiger partial charge in [-0.25, -0.2) is 8.42 Å². The van der Waals surface area contributed by atoms with Gasteiger partial charge in [0.2, 0.25) is 5.91 Å². The van der Waals surface area contributed by atoms with Gasteiger partial charge in [-0.1, -0.05) is 18.2 Å². The molecule has 0 radical (unpaired) electrons. The van der Waals surface area contributed by atoms with Crippen molar-refractivity contribution >= 4 is 50.2 Å². The van der Waals surface area contributed by atoms with Gasteiger partial charge in [-0.3, -0.25) is 13.9 Å². The van der Waals surface area contributed by atoms with Crippen molar-refractivity contribution in [3.05, 3.63) is 70.9 Å². The number of nitrogens with one attached hydrogen (secondary N) is 2. The molecule has 9 heteroatoms. The van der Waals surface area contributed by atoms with Gasteiger partial charge >= 0.3 is 0 Å². The van der Waals surface area contributed by atoms with Crippen LogP contribution in [0.3, 0.4) is 0 Å². The summed E-state index contributed by atoms with van der Waals surface area (Å²) in [6.07, 6.45) is 0. The lowest BCUT2D eigenvalue weighted by Crippen LogP contribution is -2.28. The van der Waals surface area contributed by atoms with Gasteiger partial charge in [0.05, 0.1) is 5.69 Å². The minimum atomic E-state index is -3.90. The fourth-order valence-electron chi connectivity index (χ4n) is 2.62. The molecule has 7 nitrogen and oxygen atoms in total. The minimum absolute atomic E-state index is 0.0544. The van der Waals surface area contributed by atoms with Crippen molar-refractivity contribution in [3.8, 4) is 0 Å². The van der Waals surface area contributed by atoms with Gasteiger partial charge < -0.3 is 10.6 Å². The highest BCUT2D eigenvalue weighted by Crippen LogP contribution is 2.28. The summed E-state index contributed by atoms with van der Waals surface area (Å²) in [6.45, 7) is 1.40. The first-order valence-electron chi connectivity index (χ1n) is 8.59. The molecule has 0 aliphatic carbocycles. The average Bonchev–Trinajstić information content (AvgIpc) is 3.20. The van der Waals surface area contributed by atoms with Crippen LogP contribution in [0.2, 0.25) is 0 Å². The van der Waals surface area contributed by atoms with Crippen molar-refractivity contribution < 1.29 is 18.0 Å². The summed E-state index contributed by atoms with van der Waals surface area (Å²) in [5.41, 5.74) is 1.58. The van der Waals surface area contributed by atoms with Gasteiger partial charge in [0.1, 0.15) is 9.77 Å².